The summed E-state index contributed by atoms with van der Waals surface area (Å²) >= 11 is 0. The van der Waals surface area contributed by atoms with Gasteiger partial charge in [-0.3, -0.25) is 0 Å². The molecule has 1 aliphatic rings. The summed E-state index contributed by atoms with van der Waals surface area (Å²) in [5, 5.41) is 0. The molecule has 0 atom stereocenters. The molecule has 0 aromatic rings. The summed E-state index contributed by atoms with van der Waals surface area (Å²) in [6.45, 7) is 9.06. The van der Waals surface area contributed by atoms with Crippen LogP contribution in [0.5, 0.6) is 0 Å². The van der Waals surface area contributed by atoms with Gasteiger partial charge in [-0.15, -0.1) is 0 Å². The summed E-state index contributed by atoms with van der Waals surface area (Å²) in [6.07, 6.45) is 2.02. The number of rotatable bonds is 8. The Morgan fingerprint density at radius 1 is 1.18 bits per heavy atom. The molecule has 5 radical (unpaired) electrons. The smallest absolute Gasteiger partial charge is 0.144 e. The summed E-state index contributed by atoms with van der Waals surface area (Å²) in [7, 11) is 4.81. The van der Waals surface area contributed by atoms with Crippen molar-refractivity contribution in [2.24, 2.45) is 0 Å². The van der Waals surface area contributed by atoms with Crippen molar-refractivity contribution in [3.05, 3.63) is 0 Å². The van der Waals surface area contributed by atoms with E-state index in [0.717, 1.165) is 19.4 Å². The monoisotopic (exact) mass is 270 g/mol. The molecule has 0 unspecified atom stereocenters. The first-order valence-corrected chi connectivity index (χ1v) is 8.57. The van der Waals surface area contributed by atoms with E-state index >= 15 is 0 Å². The van der Waals surface area contributed by atoms with Gasteiger partial charge in [0.15, 0.2) is 0 Å². The molecular weight excluding hydrogens is 246 g/mol. The first-order chi connectivity index (χ1) is 8.20. The van der Waals surface area contributed by atoms with Crippen molar-refractivity contribution in [3.63, 3.8) is 0 Å². The summed E-state index contributed by atoms with van der Waals surface area (Å²) < 4.78 is 11.3. The van der Waals surface area contributed by atoms with Crippen molar-refractivity contribution < 1.29 is 9.47 Å². The second-order valence-corrected chi connectivity index (χ2v) is 6.58. The first-order valence-electron chi connectivity index (χ1n) is 6.66. The van der Waals surface area contributed by atoms with Gasteiger partial charge in [0, 0.05) is 22.7 Å². The number of hydrogen-bond acceptors (Lipinski definition) is 3. The Morgan fingerprint density at radius 3 is 2.29 bits per heavy atom. The highest BCUT2D eigenvalue weighted by Crippen LogP contribution is 2.17. The SMILES string of the molecule is CCOC([Si])(CCCN1CC[Si]CC1)OCC. The largest absolute Gasteiger partial charge is 0.355 e. The fourth-order valence-electron chi connectivity index (χ4n) is 2.12. The van der Waals surface area contributed by atoms with Crippen LogP contribution in [0.4, 0.5) is 0 Å². The molecule has 17 heavy (non-hydrogen) atoms. The van der Waals surface area contributed by atoms with Crippen molar-refractivity contribution >= 4 is 19.8 Å². The molecule has 0 aromatic heterocycles. The summed E-state index contributed by atoms with van der Waals surface area (Å²) in [5.74, 6) is 0. The van der Waals surface area contributed by atoms with E-state index in [1.165, 1.54) is 34.7 Å². The molecular formula is C12H24NO2Si2. The van der Waals surface area contributed by atoms with Crippen molar-refractivity contribution in [3.8, 4) is 0 Å². The van der Waals surface area contributed by atoms with Crippen LogP contribution in [0.15, 0.2) is 0 Å². The third kappa shape index (κ3) is 6.15. The summed E-state index contributed by atoms with van der Waals surface area (Å²) in [6, 6.07) is 2.77. The molecule has 0 amide bonds. The molecule has 0 bridgehead atoms. The molecule has 0 N–H and O–H groups in total. The molecule has 0 saturated carbocycles. The first kappa shape index (κ1) is 15.4. The Balaban J connectivity index is 2.21. The van der Waals surface area contributed by atoms with Crippen LogP contribution in [-0.4, -0.2) is 62.9 Å². The van der Waals surface area contributed by atoms with Crippen LogP contribution < -0.4 is 0 Å². The second kappa shape index (κ2) is 8.42. The second-order valence-electron chi connectivity index (χ2n) is 4.31. The van der Waals surface area contributed by atoms with Crippen LogP contribution >= 0.6 is 0 Å². The van der Waals surface area contributed by atoms with Gasteiger partial charge in [-0.2, -0.15) is 0 Å². The van der Waals surface area contributed by atoms with Crippen molar-refractivity contribution in [2.75, 3.05) is 32.8 Å². The molecule has 1 heterocycles. The lowest BCUT2D eigenvalue weighted by atomic mass is 10.2. The molecule has 0 aliphatic carbocycles. The number of hydrogen-bond donors (Lipinski definition) is 0. The van der Waals surface area contributed by atoms with E-state index in [9.17, 15) is 0 Å². The third-order valence-corrected chi connectivity index (χ3v) is 4.64. The maximum Gasteiger partial charge on any atom is 0.144 e. The molecule has 1 aliphatic heterocycles. The van der Waals surface area contributed by atoms with E-state index in [-0.39, 0.29) is 0 Å². The Kier molecular flexibility index (Phi) is 7.61. The Labute approximate surface area is 111 Å². The van der Waals surface area contributed by atoms with E-state index in [2.05, 4.69) is 15.1 Å². The minimum Gasteiger partial charge on any atom is -0.355 e. The van der Waals surface area contributed by atoms with E-state index in [1.807, 2.05) is 13.8 Å². The average molecular weight is 271 g/mol. The minimum absolute atomic E-state index is 0.568. The zero-order chi connectivity index (χ0) is 12.6. The molecule has 5 heteroatoms. The minimum atomic E-state index is -0.568. The van der Waals surface area contributed by atoms with Crippen LogP contribution in [-0.2, 0) is 9.47 Å². The van der Waals surface area contributed by atoms with Crippen LogP contribution in [0, 0.1) is 0 Å². The fourth-order valence-corrected chi connectivity index (χ4v) is 3.79. The van der Waals surface area contributed by atoms with E-state index in [0.29, 0.717) is 13.2 Å². The zero-order valence-corrected chi connectivity index (χ0v) is 13.1. The van der Waals surface area contributed by atoms with E-state index in [1.54, 1.807) is 0 Å². The standard InChI is InChI=1S/C12H24NO2Si2/c1-3-14-12(16,15-4-2)6-5-7-13-8-10-17-11-9-13/h3-11H2,1-2H3. The molecule has 3 nitrogen and oxygen atoms in total. The molecule has 0 spiro atoms. The predicted molar refractivity (Wildman–Crippen MR) is 72.8 cm³/mol. The predicted octanol–water partition coefficient (Wildman–Crippen LogP) is 1.52. The van der Waals surface area contributed by atoms with Gasteiger partial charge >= 0.3 is 0 Å². The van der Waals surface area contributed by atoms with E-state index in [4.69, 9.17) is 9.47 Å². The molecule has 1 saturated heterocycles. The van der Waals surface area contributed by atoms with Crippen molar-refractivity contribution in [1.82, 2.24) is 4.90 Å². The lowest BCUT2D eigenvalue weighted by Gasteiger charge is -2.31. The van der Waals surface area contributed by atoms with Crippen LogP contribution in [0.2, 0.25) is 12.1 Å². The highest BCUT2D eigenvalue weighted by atomic mass is 28.2. The number of nitrogens with zero attached hydrogens (tertiary/aromatic N) is 1. The molecule has 1 rings (SSSR count). The van der Waals surface area contributed by atoms with Gasteiger partial charge in [-0.05, 0) is 58.4 Å². The maximum atomic E-state index is 5.63. The van der Waals surface area contributed by atoms with Gasteiger partial charge in [0.1, 0.15) is 15.7 Å². The topological polar surface area (TPSA) is 21.7 Å². The molecule has 97 valence electrons. The Morgan fingerprint density at radius 2 is 1.76 bits per heavy atom. The van der Waals surface area contributed by atoms with Gasteiger partial charge in [-0.25, -0.2) is 0 Å². The normalized spacial score (nSPS) is 18.5. The Bertz CT molecular complexity index is 193. The van der Waals surface area contributed by atoms with Crippen LogP contribution in [0.3, 0.4) is 0 Å². The highest BCUT2D eigenvalue weighted by Gasteiger charge is 2.24. The summed E-state index contributed by atoms with van der Waals surface area (Å²) in [4.78, 5) is 2.56. The van der Waals surface area contributed by atoms with Gasteiger partial charge in [0.05, 0.1) is 0 Å². The molecule has 0 aromatic carbocycles. The quantitative estimate of drug-likeness (QED) is 0.493. The zero-order valence-electron chi connectivity index (χ0n) is 11.1. The van der Waals surface area contributed by atoms with Gasteiger partial charge < -0.3 is 14.4 Å². The average Bonchev–Trinajstić information content (AvgIpc) is 2.31. The van der Waals surface area contributed by atoms with Gasteiger partial charge in [0.2, 0.25) is 0 Å². The maximum absolute atomic E-state index is 5.63. The van der Waals surface area contributed by atoms with Gasteiger partial charge in [0.25, 0.3) is 0 Å². The highest BCUT2D eigenvalue weighted by molar-refractivity contribution is 6.35. The van der Waals surface area contributed by atoms with Crippen LogP contribution in [0.1, 0.15) is 26.7 Å². The lowest BCUT2D eigenvalue weighted by molar-refractivity contribution is -0.177. The molecule has 1 fully saturated rings. The van der Waals surface area contributed by atoms with Gasteiger partial charge in [-0.1, -0.05) is 0 Å². The fraction of sp³-hybridized carbons (Fsp3) is 1.00. The van der Waals surface area contributed by atoms with E-state index < -0.39 is 5.41 Å². The Hall–Kier alpha value is 0.314. The summed E-state index contributed by atoms with van der Waals surface area (Å²) in [5.41, 5.74) is -0.568. The van der Waals surface area contributed by atoms with Crippen LogP contribution in [0.25, 0.3) is 0 Å². The van der Waals surface area contributed by atoms with Crippen molar-refractivity contribution in [1.29, 1.82) is 0 Å². The number of ether oxygens (including phenoxy) is 2. The van der Waals surface area contributed by atoms with Crippen molar-refractivity contribution in [2.45, 2.75) is 44.2 Å². The third-order valence-electron chi connectivity index (χ3n) is 2.94. The lowest BCUT2D eigenvalue weighted by Crippen LogP contribution is -2.39.